The van der Waals surface area contributed by atoms with Gasteiger partial charge >= 0.3 is 12.0 Å². The molecule has 2 aromatic heterocycles. The summed E-state index contributed by atoms with van der Waals surface area (Å²) < 4.78 is 7.22. The van der Waals surface area contributed by atoms with Crippen molar-refractivity contribution in [3.8, 4) is 29.2 Å². The Morgan fingerprint density at radius 2 is 2.19 bits per heavy atom. The van der Waals surface area contributed by atoms with Gasteiger partial charge in [0.25, 0.3) is 0 Å². The molecule has 2 fully saturated rings. The van der Waals surface area contributed by atoms with Gasteiger partial charge < -0.3 is 19.8 Å². The number of nitro groups is 1. The maximum absolute atomic E-state index is 12.7. The Kier molecular flexibility index (Phi) is 6.59. The van der Waals surface area contributed by atoms with Gasteiger partial charge in [-0.15, -0.1) is 6.42 Å². The van der Waals surface area contributed by atoms with Crippen molar-refractivity contribution in [2.75, 3.05) is 32.8 Å². The number of hydrogen-bond acceptors (Lipinski definition) is 8. The van der Waals surface area contributed by atoms with Crippen LogP contribution in [0.5, 0.6) is 5.75 Å². The van der Waals surface area contributed by atoms with E-state index in [1.165, 1.54) is 0 Å². The first-order valence-electron chi connectivity index (χ1n) is 14.2. The molecule has 1 saturated carbocycles. The first kappa shape index (κ1) is 27.4. The monoisotopic (exact) mass is 600 g/mol. The average Bonchev–Trinajstić information content (AvgIpc) is 3.71. The van der Waals surface area contributed by atoms with Gasteiger partial charge in [-0.3, -0.25) is 10.00 Å². The molecule has 4 aromatic rings. The van der Waals surface area contributed by atoms with Crippen molar-refractivity contribution < 1.29 is 14.5 Å². The van der Waals surface area contributed by atoms with Gasteiger partial charge in [-0.05, 0) is 60.3 Å². The Morgan fingerprint density at radius 1 is 1.35 bits per heavy atom. The molecule has 12 nitrogen and oxygen atoms in total. The highest BCUT2D eigenvalue weighted by atomic mass is 35.5. The van der Waals surface area contributed by atoms with Crippen LogP contribution < -0.4 is 4.74 Å². The number of benzene rings is 2. The van der Waals surface area contributed by atoms with Crippen LogP contribution in [0.1, 0.15) is 36.0 Å². The number of halogens is 1. The summed E-state index contributed by atoms with van der Waals surface area (Å²) in [5, 5.41) is 23.3. The van der Waals surface area contributed by atoms with Crippen molar-refractivity contribution >= 4 is 34.5 Å². The van der Waals surface area contributed by atoms with Gasteiger partial charge in [0, 0.05) is 65.3 Å². The Hall–Kier alpha value is -4.47. The Balaban J connectivity index is 1.05. The zero-order chi connectivity index (χ0) is 29.9. The first-order chi connectivity index (χ1) is 20.7. The minimum absolute atomic E-state index is 0.0773. The number of carbonyl (C=O) groups is 1. The number of aromatic amines is 1. The third kappa shape index (κ3) is 4.69. The van der Waals surface area contributed by atoms with Gasteiger partial charge in [0.2, 0.25) is 6.33 Å². The molecule has 1 saturated heterocycles. The summed E-state index contributed by atoms with van der Waals surface area (Å²) in [5.41, 5.74) is 5.50. The van der Waals surface area contributed by atoms with Crippen molar-refractivity contribution in [2.45, 2.75) is 32.7 Å². The minimum atomic E-state index is -0.710. The van der Waals surface area contributed by atoms with Gasteiger partial charge in [0.05, 0.1) is 16.7 Å². The van der Waals surface area contributed by atoms with Crippen molar-refractivity contribution in [1.29, 1.82) is 0 Å². The van der Waals surface area contributed by atoms with Crippen LogP contribution in [0.2, 0.25) is 5.02 Å². The van der Waals surface area contributed by atoms with Gasteiger partial charge in [0.15, 0.2) is 0 Å². The molecular weight excluding hydrogens is 572 g/mol. The van der Waals surface area contributed by atoms with Crippen LogP contribution >= 0.6 is 11.6 Å². The molecule has 220 valence electrons. The number of amides is 1. The van der Waals surface area contributed by atoms with E-state index >= 15 is 0 Å². The number of aromatic nitrogens is 5. The number of nitrogens with zero attached hydrogens (tertiary/aromatic N) is 7. The highest BCUT2D eigenvalue weighted by Gasteiger charge is 2.50. The van der Waals surface area contributed by atoms with Gasteiger partial charge in [-0.25, -0.2) is 4.79 Å². The molecule has 13 heteroatoms. The zero-order valence-electron chi connectivity index (χ0n) is 23.5. The molecule has 0 radical (unpaired) electrons. The lowest BCUT2D eigenvalue weighted by molar-refractivity contribution is -0.394. The smallest absolute Gasteiger partial charge is 0.490 e. The highest BCUT2D eigenvalue weighted by Crippen LogP contribution is 2.49. The van der Waals surface area contributed by atoms with E-state index in [0.29, 0.717) is 42.9 Å². The molecule has 0 bridgehead atoms. The predicted octanol–water partition coefficient (Wildman–Crippen LogP) is 4.64. The van der Waals surface area contributed by atoms with Crippen LogP contribution in [0, 0.1) is 40.7 Å². The number of aryl methyl sites for hydroxylation is 1. The molecule has 1 aliphatic carbocycles. The van der Waals surface area contributed by atoms with Crippen LogP contribution in [-0.4, -0.2) is 78.5 Å². The van der Waals surface area contributed by atoms with Crippen LogP contribution in [-0.2, 0) is 6.54 Å². The second-order valence-electron chi connectivity index (χ2n) is 11.9. The summed E-state index contributed by atoms with van der Waals surface area (Å²) in [6.07, 6.45) is 12.1. The topological polar surface area (TPSA) is 135 Å². The molecule has 1 atom stereocenters. The quantitative estimate of drug-likeness (QED) is 0.203. The Labute approximate surface area is 252 Å². The number of ether oxygens (including phenoxy) is 1. The third-order valence-electron chi connectivity index (χ3n) is 9.07. The summed E-state index contributed by atoms with van der Waals surface area (Å²) in [4.78, 5) is 30.6. The average molecular weight is 601 g/mol. The molecule has 2 aliphatic heterocycles. The predicted molar refractivity (Wildman–Crippen MR) is 159 cm³/mol. The van der Waals surface area contributed by atoms with Gasteiger partial charge in [-0.2, -0.15) is 5.10 Å². The summed E-state index contributed by atoms with van der Waals surface area (Å²) in [6.45, 7) is 6.15. The van der Waals surface area contributed by atoms with Crippen molar-refractivity contribution in [2.24, 2.45) is 11.3 Å². The number of fused-ring (bicyclic) bond motifs is 2. The molecule has 1 amide bonds. The molecule has 43 heavy (non-hydrogen) atoms. The maximum atomic E-state index is 12.7. The summed E-state index contributed by atoms with van der Waals surface area (Å²) in [5.74, 6) is 3.46. The van der Waals surface area contributed by atoms with E-state index in [-0.39, 0.29) is 11.4 Å². The molecular formula is C30H29ClN8O4. The van der Waals surface area contributed by atoms with Crippen molar-refractivity contribution in [1.82, 2.24) is 34.8 Å². The van der Waals surface area contributed by atoms with Crippen LogP contribution in [0.3, 0.4) is 0 Å². The summed E-state index contributed by atoms with van der Waals surface area (Å²) in [7, 11) is 0. The van der Waals surface area contributed by atoms with E-state index in [2.05, 4.69) is 31.1 Å². The summed E-state index contributed by atoms with van der Waals surface area (Å²) in [6, 6.07) is 5.69. The largest absolute Gasteiger partial charge is 0.491 e. The second kappa shape index (κ2) is 10.4. The fourth-order valence-corrected chi connectivity index (χ4v) is 7.51. The van der Waals surface area contributed by atoms with Crippen LogP contribution in [0.15, 0.2) is 30.7 Å². The molecule has 1 unspecified atom stereocenters. The maximum Gasteiger partial charge on any atom is 0.491 e. The normalized spacial score (nSPS) is 19.5. The molecule has 3 aliphatic rings. The van der Waals surface area contributed by atoms with Crippen molar-refractivity contribution in [3.05, 3.63) is 62.6 Å². The van der Waals surface area contributed by atoms with Crippen LogP contribution in [0.4, 0.5) is 10.7 Å². The lowest BCUT2D eigenvalue weighted by Crippen LogP contribution is -2.58. The number of hydrogen-bond donors (Lipinski definition) is 1. The number of terminal acetylenes is 1. The van der Waals surface area contributed by atoms with E-state index in [1.807, 2.05) is 25.1 Å². The fraction of sp³-hybridized carbons (Fsp3) is 0.400. The van der Waals surface area contributed by atoms with Crippen molar-refractivity contribution in [3.63, 3.8) is 0 Å². The lowest BCUT2D eigenvalue weighted by Gasteiger charge is -2.47. The van der Waals surface area contributed by atoms with E-state index in [1.54, 1.807) is 11.1 Å². The number of carbonyl (C=O) groups excluding carboxylic acids is 1. The minimum Gasteiger partial charge on any atom is -0.490 e. The first-order valence-corrected chi connectivity index (χ1v) is 14.6. The fourth-order valence-electron chi connectivity index (χ4n) is 7.14. The number of H-pyrrole nitrogens is 1. The zero-order valence-corrected chi connectivity index (χ0v) is 24.3. The molecule has 7 rings (SSSR count). The molecule has 1 spiro atoms. The van der Waals surface area contributed by atoms with E-state index < -0.39 is 10.9 Å². The SMILES string of the molecule is C#Cc1cc2c(c(Cl)c1-c1c(C)ccc3[nH]ncc13)OCCN(CC1CCC3(C1)CN(C(=O)n1cnc([N+](=O)[O-])n1)C3)C2. The van der Waals surface area contributed by atoms with Gasteiger partial charge in [0.1, 0.15) is 12.4 Å². The van der Waals surface area contributed by atoms with Gasteiger partial charge in [-0.1, -0.05) is 33.3 Å². The second-order valence-corrected chi connectivity index (χ2v) is 12.3. The van der Waals surface area contributed by atoms with E-state index in [4.69, 9.17) is 22.8 Å². The third-order valence-corrected chi connectivity index (χ3v) is 9.43. The Morgan fingerprint density at radius 3 is 2.95 bits per heavy atom. The molecule has 2 aromatic carbocycles. The van der Waals surface area contributed by atoms with E-state index in [9.17, 15) is 14.9 Å². The lowest BCUT2D eigenvalue weighted by atomic mass is 9.77. The molecule has 4 heterocycles. The Bertz CT molecular complexity index is 1820. The standard InChI is InChI=1S/C30H29ClN8O4/c1-3-20-10-21-14-36(8-9-43-27(21)26(31)25(20)24-18(2)4-5-23-22(24)12-33-34-23)13-19-6-7-30(11-19)15-37(16-30)29(40)38-17-32-28(35-38)39(41)42/h1,4-5,10,12,17,19H,6-9,11,13-16H2,2H3,(H,33,34). The number of rotatable bonds is 4. The van der Waals surface area contributed by atoms with E-state index in [0.717, 1.165) is 82.1 Å². The number of likely N-dealkylation sites (tertiary alicyclic amines) is 1. The summed E-state index contributed by atoms with van der Waals surface area (Å²) >= 11 is 7.09. The molecule has 1 N–H and O–H groups in total. The number of nitrogens with one attached hydrogen (secondary N) is 1. The highest BCUT2D eigenvalue weighted by molar-refractivity contribution is 6.35. The van der Waals surface area contributed by atoms with Crippen LogP contribution in [0.25, 0.3) is 22.0 Å².